The van der Waals surface area contributed by atoms with Crippen LogP contribution in [-0.2, 0) is 4.43 Å². The van der Waals surface area contributed by atoms with Crippen molar-refractivity contribution in [3.05, 3.63) is 0 Å². The van der Waals surface area contributed by atoms with Crippen LogP contribution in [0.3, 0.4) is 0 Å². The average molecular weight is 134 g/mol. The Morgan fingerprint density at radius 3 is 2.14 bits per heavy atom. The first-order valence-corrected chi connectivity index (χ1v) is 3.48. The highest BCUT2D eigenvalue weighted by molar-refractivity contribution is 7.80. The van der Waals surface area contributed by atoms with E-state index in [4.69, 9.17) is 16.6 Å². The molecule has 0 spiro atoms. The highest BCUT2D eigenvalue weighted by Crippen LogP contribution is 1.95. The average Bonchev–Trinajstić information content (AvgIpc) is 1.65. The van der Waals surface area contributed by atoms with E-state index in [-0.39, 0.29) is 0 Å². The Bertz CT molecular complexity index is 72.1. The summed E-state index contributed by atoms with van der Waals surface area (Å²) in [5, 5.41) is 0.742. The molecule has 0 saturated heterocycles. The number of thiocarbonyl (C=S) groups is 1. The largest absolute Gasteiger partial charge is 0.548 e. The van der Waals surface area contributed by atoms with Crippen LogP contribution in [0.1, 0.15) is 13.8 Å². The van der Waals surface area contributed by atoms with Crippen molar-refractivity contribution in [3.8, 4) is 0 Å². The van der Waals surface area contributed by atoms with Crippen LogP contribution in [0.2, 0.25) is 0 Å². The van der Waals surface area contributed by atoms with E-state index in [1.165, 1.54) is 0 Å². The van der Waals surface area contributed by atoms with Crippen molar-refractivity contribution in [1.82, 2.24) is 0 Å². The third-order valence-electron chi connectivity index (χ3n) is 0.673. The van der Waals surface area contributed by atoms with Crippen LogP contribution in [0.5, 0.6) is 0 Å². The molecule has 3 heteroatoms. The van der Waals surface area contributed by atoms with E-state index in [0.29, 0.717) is 5.92 Å². The third kappa shape index (κ3) is 2.76. The zero-order valence-electron chi connectivity index (χ0n) is 4.89. The molecule has 0 N–H and O–H groups in total. The molecule has 0 atom stereocenters. The van der Waals surface area contributed by atoms with Gasteiger partial charge in [0.05, 0.1) is 0 Å². The fourth-order valence-electron chi connectivity index (χ4n) is 0.236. The Kier molecular flexibility index (Phi) is 3.20. The molecule has 0 aliphatic heterocycles. The van der Waals surface area contributed by atoms with Gasteiger partial charge in [0.2, 0.25) is 10.5 Å². The molecule has 0 aromatic heterocycles. The summed E-state index contributed by atoms with van der Waals surface area (Å²) in [7, 11) is 0.729. The molecule has 0 aliphatic carbocycles. The van der Waals surface area contributed by atoms with Crippen molar-refractivity contribution < 1.29 is 4.43 Å². The van der Waals surface area contributed by atoms with Gasteiger partial charge in [-0.05, 0) is 12.2 Å². The molecule has 0 radical (unpaired) electrons. The third-order valence-corrected chi connectivity index (χ3v) is 2.05. The number of hydrogen-bond donors (Lipinski definition) is 0. The number of rotatable bonds is 1. The summed E-state index contributed by atoms with van der Waals surface area (Å²) in [5.74, 6) is 0.410. The predicted molar refractivity (Wildman–Crippen MR) is 38.5 cm³/mol. The fourth-order valence-corrected chi connectivity index (χ4v) is 0.707. The van der Waals surface area contributed by atoms with Crippen molar-refractivity contribution in [1.29, 1.82) is 0 Å². The summed E-state index contributed by atoms with van der Waals surface area (Å²) in [6.07, 6.45) is 0. The van der Waals surface area contributed by atoms with Gasteiger partial charge < -0.3 is 4.43 Å². The van der Waals surface area contributed by atoms with Crippen LogP contribution >= 0.6 is 12.2 Å². The Balaban J connectivity index is 3.35. The zero-order valence-corrected chi connectivity index (χ0v) is 7.71. The molecule has 0 amide bonds. The molecule has 0 aromatic rings. The maximum Gasteiger partial charge on any atom is 0.204 e. The molecule has 0 bridgehead atoms. The molecule has 0 fully saturated rings. The standard InChI is InChI=1S/C4H10OSSi/c1-3(2)4(6)5-7/h3H,1-2,7H3. The molecule has 0 heterocycles. The van der Waals surface area contributed by atoms with Gasteiger partial charge in [0.15, 0.2) is 0 Å². The maximum atomic E-state index is 4.88. The molecular weight excluding hydrogens is 124 g/mol. The summed E-state index contributed by atoms with van der Waals surface area (Å²) < 4.78 is 4.88. The van der Waals surface area contributed by atoms with Crippen LogP contribution < -0.4 is 0 Å². The molecular formula is C4H10OSSi. The van der Waals surface area contributed by atoms with Gasteiger partial charge >= 0.3 is 0 Å². The lowest BCUT2D eigenvalue weighted by atomic mass is 10.2. The molecule has 42 valence electrons. The van der Waals surface area contributed by atoms with Gasteiger partial charge in [-0.15, -0.1) is 0 Å². The Morgan fingerprint density at radius 1 is 1.71 bits per heavy atom. The van der Waals surface area contributed by atoms with E-state index >= 15 is 0 Å². The van der Waals surface area contributed by atoms with Gasteiger partial charge in [0.1, 0.15) is 5.05 Å². The highest BCUT2D eigenvalue weighted by Gasteiger charge is 1.97. The van der Waals surface area contributed by atoms with Gasteiger partial charge in [-0.25, -0.2) is 0 Å². The first-order chi connectivity index (χ1) is 3.18. The maximum absolute atomic E-state index is 4.88. The van der Waals surface area contributed by atoms with E-state index in [0.717, 1.165) is 15.5 Å². The summed E-state index contributed by atoms with van der Waals surface area (Å²) >= 11 is 4.79. The molecule has 0 aliphatic rings. The van der Waals surface area contributed by atoms with E-state index < -0.39 is 0 Å². The second-order valence-corrected chi connectivity index (χ2v) is 2.49. The normalized spacial score (nSPS) is 9.57. The molecule has 0 unspecified atom stereocenters. The van der Waals surface area contributed by atoms with Gasteiger partial charge in [-0.2, -0.15) is 0 Å². The Hall–Kier alpha value is 0.107. The lowest BCUT2D eigenvalue weighted by molar-refractivity contribution is 0.574. The second-order valence-electron chi connectivity index (χ2n) is 1.68. The molecule has 0 saturated carbocycles. The SMILES string of the molecule is CC(C)C(=S)O[SiH3]. The molecule has 0 rings (SSSR count). The van der Waals surface area contributed by atoms with Crippen LogP contribution in [0, 0.1) is 5.92 Å². The van der Waals surface area contributed by atoms with E-state index in [1.54, 1.807) is 0 Å². The predicted octanol–water partition coefficient (Wildman–Crippen LogP) is 0.267. The minimum absolute atomic E-state index is 0.410. The second kappa shape index (κ2) is 3.15. The highest BCUT2D eigenvalue weighted by atomic mass is 32.1. The summed E-state index contributed by atoms with van der Waals surface area (Å²) in [6.45, 7) is 4.06. The summed E-state index contributed by atoms with van der Waals surface area (Å²) in [4.78, 5) is 0. The quantitative estimate of drug-likeness (QED) is 0.376. The van der Waals surface area contributed by atoms with Gasteiger partial charge in [0.25, 0.3) is 0 Å². The first-order valence-electron chi connectivity index (χ1n) is 2.26. The Labute approximate surface area is 52.6 Å². The van der Waals surface area contributed by atoms with Crippen molar-refractivity contribution in [2.45, 2.75) is 13.8 Å². The fraction of sp³-hybridized carbons (Fsp3) is 0.750. The summed E-state index contributed by atoms with van der Waals surface area (Å²) in [6, 6.07) is 0. The molecule has 0 aromatic carbocycles. The number of hydrogen-bond acceptors (Lipinski definition) is 2. The minimum Gasteiger partial charge on any atom is -0.548 e. The minimum atomic E-state index is 0.410. The van der Waals surface area contributed by atoms with Crippen molar-refractivity contribution in [2.75, 3.05) is 0 Å². The molecule has 1 nitrogen and oxygen atoms in total. The summed E-state index contributed by atoms with van der Waals surface area (Å²) in [5.41, 5.74) is 0. The van der Waals surface area contributed by atoms with Crippen LogP contribution in [0.25, 0.3) is 0 Å². The van der Waals surface area contributed by atoms with E-state index in [2.05, 4.69) is 0 Å². The zero-order chi connectivity index (χ0) is 5.86. The molecule has 7 heavy (non-hydrogen) atoms. The van der Waals surface area contributed by atoms with Crippen molar-refractivity contribution in [3.63, 3.8) is 0 Å². The smallest absolute Gasteiger partial charge is 0.204 e. The topological polar surface area (TPSA) is 9.23 Å². The van der Waals surface area contributed by atoms with Gasteiger partial charge in [0, 0.05) is 5.92 Å². The Morgan fingerprint density at radius 2 is 2.14 bits per heavy atom. The van der Waals surface area contributed by atoms with Crippen molar-refractivity contribution >= 4 is 27.8 Å². The lowest BCUT2D eigenvalue weighted by Gasteiger charge is -2.03. The van der Waals surface area contributed by atoms with Crippen LogP contribution in [-0.4, -0.2) is 15.5 Å². The lowest BCUT2D eigenvalue weighted by Crippen LogP contribution is -2.05. The van der Waals surface area contributed by atoms with Crippen LogP contribution in [0.15, 0.2) is 0 Å². The monoisotopic (exact) mass is 134 g/mol. The van der Waals surface area contributed by atoms with Crippen molar-refractivity contribution in [2.24, 2.45) is 5.92 Å². The first kappa shape index (κ1) is 7.11. The van der Waals surface area contributed by atoms with Gasteiger partial charge in [-0.3, -0.25) is 0 Å². The van der Waals surface area contributed by atoms with Gasteiger partial charge in [-0.1, -0.05) is 13.8 Å². The van der Waals surface area contributed by atoms with E-state index in [9.17, 15) is 0 Å². The van der Waals surface area contributed by atoms with Crippen LogP contribution in [0.4, 0.5) is 0 Å². The van der Waals surface area contributed by atoms with E-state index in [1.807, 2.05) is 13.8 Å².